The molecule has 0 radical (unpaired) electrons. The molecule has 4 aliphatic carbocycles. The number of cyclic esters (lactones) is 1. The summed E-state index contributed by atoms with van der Waals surface area (Å²) in [6.07, 6.45) is 2.00. The molecule has 5 N–H and O–H groups in total. The number of aliphatic carboxylic acids is 1. The van der Waals surface area contributed by atoms with Gasteiger partial charge in [0.05, 0.1) is 54.7 Å². The van der Waals surface area contributed by atoms with E-state index in [0.717, 1.165) is 44.1 Å². The monoisotopic (exact) mass is 835 g/mol. The zero-order valence-electron chi connectivity index (χ0n) is 35.5. The maximum Gasteiger partial charge on any atom is 0.331 e. The normalized spacial score (nSPS) is 50.5. The summed E-state index contributed by atoms with van der Waals surface area (Å²) >= 11 is 0. The largest absolute Gasteiger partial charge is 0.481 e. The molecule has 15 heteroatoms. The second-order valence-corrected chi connectivity index (χ2v) is 19.9. The van der Waals surface area contributed by atoms with Gasteiger partial charge in [-0.2, -0.15) is 0 Å². The highest BCUT2D eigenvalue weighted by atomic mass is 16.7. The Hall–Kier alpha value is -1.76. The number of rotatable bonds is 10. The standard InChI is InChI=1S/C44H69NO14/c1-23-21-45(14-10-35(49)50)15-11-37(54-23)58-40-24(2)56-39(20-33(40)47)59-41-25(3)55-38(19-32(41)46)57-28-8-12-42(4)27(17-28)6-7-30-31(42)18-34(48)43(5)29(9-13-44(30,43)52)26-16-36(51)53-22-26/h16,23-25,27-34,37-41,46-48,52H,6-15,17-22H2,1-5H3,(H,49,50)/t23-,24-,25-,27-,28+,29-,30-,31+,32+,33+,34-,37+,38+,39+,40-,41-,42+,43+,44+/m1/s1. The summed E-state index contributed by atoms with van der Waals surface area (Å²) in [5, 5.41) is 56.1. The molecule has 4 saturated carbocycles. The zero-order valence-corrected chi connectivity index (χ0v) is 35.5. The fraction of sp³-hybridized carbons (Fsp3) is 0.909. The van der Waals surface area contributed by atoms with Crippen LogP contribution in [0.15, 0.2) is 11.6 Å². The number of nitrogens with zero attached hydrogens (tertiary/aromatic N) is 1. The molecule has 0 amide bonds. The van der Waals surface area contributed by atoms with Crippen molar-refractivity contribution in [1.82, 2.24) is 4.90 Å². The van der Waals surface area contributed by atoms with E-state index in [1.54, 1.807) is 6.08 Å². The minimum Gasteiger partial charge on any atom is -0.481 e. The van der Waals surface area contributed by atoms with E-state index in [1.807, 2.05) is 27.7 Å². The van der Waals surface area contributed by atoms with E-state index in [9.17, 15) is 30.0 Å². The lowest BCUT2D eigenvalue weighted by Crippen LogP contribution is -2.67. The summed E-state index contributed by atoms with van der Waals surface area (Å²) in [6.45, 7) is 11.9. The fourth-order valence-electron chi connectivity index (χ4n) is 13.3. The van der Waals surface area contributed by atoms with Crippen LogP contribution in [0.2, 0.25) is 0 Å². The van der Waals surface area contributed by atoms with Crippen molar-refractivity contribution in [1.29, 1.82) is 0 Å². The average Bonchev–Trinajstić information content (AvgIpc) is 3.66. The molecule has 3 saturated heterocycles. The van der Waals surface area contributed by atoms with E-state index in [2.05, 4.69) is 11.8 Å². The number of aliphatic hydroxyl groups is 4. The first-order valence-corrected chi connectivity index (χ1v) is 22.5. The average molecular weight is 836 g/mol. The van der Waals surface area contributed by atoms with Crippen molar-refractivity contribution in [2.45, 2.75) is 191 Å². The Morgan fingerprint density at radius 3 is 2.15 bits per heavy atom. The molecule has 4 aliphatic heterocycles. The van der Waals surface area contributed by atoms with Gasteiger partial charge in [-0.3, -0.25) is 9.69 Å². The summed E-state index contributed by atoms with van der Waals surface area (Å²) in [5.41, 5.74) is -0.892. The van der Waals surface area contributed by atoms with E-state index in [-0.39, 0.29) is 67.2 Å². The molecule has 0 aromatic carbocycles. The Kier molecular flexibility index (Phi) is 12.7. The third kappa shape index (κ3) is 8.29. The minimum absolute atomic E-state index is 0.0427. The van der Waals surface area contributed by atoms with Crippen LogP contribution in [0.25, 0.3) is 0 Å². The number of carbonyl (C=O) groups excluding carboxylic acids is 1. The highest BCUT2D eigenvalue weighted by molar-refractivity contribution is 5.85. The molecule has 0 spiro atoms. The molecule has 0 aromatic rings. The Bertz CT molecular complexity index is 1540. The topological polar surface area (TPSA) is 203 Å². The zero-order chi connectivity index (χ0) is 42.0. The summed E-state index contributed by atoms with van der Waals surface area (Å²) in [6, 6.07) is 0. The van der Waals surface area contributed by atoms with E-state index in [0.29, 0.717) is 44.8 Å². The summed E-state index contributed by atoms with van der Waals surface area (Å²) in [4.78, 5) is 25.1. The van der Waals surface area contributed by atoms with Crippen LogP contribution < -0.4 is 0 Å². The fourth-order valence-corrected chi connectivity index (χ4v) is 13.3. The Morgan fingerprint density at radius 1 is 0.831 bits per heavy atom. The summed E-state index contributed by atoms with van der Waals surface area (Å²) < 4.78 is 43.0. The molecule has 0 bridgehead atoms. The van der Waals surface area contributed by atoms with Gasteiger partial charge < -0.3 is 58.7 Å². The van der Waals surface area contributed by atoms with E-state index in [1.165, 1.54) is 0 Å². The first-order valence-electron chi connectivity index (χ1n) is 22.5. The van der Waals surface area contributed by atoms with Gasteiger partial charge in [0, 0.05) is 50.4 Å². The van der Waals surface area contributed by atoms with Crippen LogP contribution in [-0.2, 0) is 42.7 Å². The number of hydrogen-bond donors (Lipinski definition) is 5. The molecule has 0 aromatic heterocycles. The molecule has 4 heterocycles. The number of fused-ring (bicyclic) bond motifs is 5. The number of carbonyl (C=O) groups is 2. The van der Waals surface area contributed by atoms with Crippen LogP contribution in [0, 0.1) is 34.5 Å². The Balaban J connectivity index is 0.816. The SMILES string of the molecule is C[C@@H]1CN(CCC(=O)O)CC[C@H](O[C@H]2[C@@H](O)C[C@H](O[C@H]3[C@@H](O)C[C@H](O[C@H]4CC[C@@]5(C)[C@H](CC[C@@H]6[C@@H]5C[C@@H](O)[C@]5(C)[C@@H](C7=CC(=O)OC7)CC[C@]65O)C4)O[C@@H]3C)O[C@@H]2C)O1. The molecule has 334 valence electrons. The second kappa shape index (κ2) is 17.1. The lowest BCUT2D eigenvalue weighted by molar-refractivity contribution is -0.329. The summed E-state index contributed by atoms with van der Waals surface area (Å²) in [5.74, 6) is -0.631. The number of hydrogen-bond acceptors (Lipinski definition) is 14. The Labute approximate surface area is 348 Å². The number of esters is 1. The third-order valence-electron chi connectivity index (χ3n) is 16.5. The molecular weight excluding hydrogens is 766 g/mol. The highest BCUT2D eigenvalue weighted by Crippen LogP contribution is 2.70. The molecular formula is C44H69NO14. The van der Waals surface area contributed by atoms with Gasteiger partial charge in [-0.25, -0.2) is 4.79 Å². The molecule has 59 heavy (non-hydrogen) atoms. The van der Waals surface area contributed by atoms with Gasteiger partial charge in [0.2, 0.25) is 0 Å². The van der Waals surface area contributed by atoms with Crippen molar-refractivity contribution < 1.29 is 68.3 Å². The van der Waals surface area contributed by atoms with Gasteiger partial charge in [0.1, 0.15) is 18.8 Å². The lowest BCUT2D eigenvalue weighted by Gasteiger charge is -2.65. The molecule has 8 rings (SSSR count). The first-order chi connectivity index (χ1) is 28.0. The highest BCUT2D eigenvalue weighted by Gasteiger charge is 2.71. The molecule has 19 atom stereocenters. The predicted molar refractivity (Wildman–Crippen MR) is 209 cm³/mol. The third-order valence-corrected chi connectivity index (χ3v) is 16.5. The van der Waals surface area contributed by atoms with Crippen molar-refractivity contribution in [2.75, 3.05) is 26.2 Å². The second-order valence-electron chi connectivity index (χ2n) is 19.9. The molecule has 15 nitrogen and oxygen atoms in total. The smallest absolute Gasteiger partial charge is 0.331 e. The van der Waals surface area contributed by atoms with E-state index >= 15 is 0 Å². The van der Waals surface area contributed by atoms with Crippen LogP contribution in [0.3, 0.4) is 0 Å². The quantitative estimate of drug-likeness (QED) is 0.158. The van der Waals surface area contributed by atoms with Gasteiger partial charge >= 0.3 is 11.9 Å². The first kappa shape index (κ1) is 43.9. The van der Waals surface area contributed by atoms with Crippen molar-refractivity contribution in [3.05, 3.63) is 11.6 Å². The van der Waals surface area contributed by atoms with Crippen LogP contribution >= 0.6 is 0 Å². The summed E-state index contributed by atoms with van der Waals surface area (Å²) in [7, 11) is 0. The van der Waals surface area contributed by atoms with Crippen LogP contribution in [0.5, 0.6) is 0 Å². The molecule has 0 unspecified atom stereocenters. The van der Waals surface area contributed by atoms with Crippen LogP contribution in [0.4, 0.5) is 0 Å². The van der Waals surface area contributed by atoms with Gasteiger partial charge in [-0.1, -0.05) is 13.8 Å². The Morgan fingerprint density at radius 2 is 1.51 bits per heavy atom. The molecule has 8 aliphatic rings. The van der Waals surface area contributed by atoms with Crippen molar-refractivity contribution in [2.24, 2.45) is 34.5 Å². The van der Waals surface area contributed by atoms with Gasteiger partial charge in [-0.15, -0.1) is 0 Å². The van der Waals surface area contributed by atoms with E-state index < -0.39 is 78.6 Å². The minimum atomic E-state index is -1.01. The number of carboxylic acid groups (broad SMARTS) is 1. The van der Waals surface area contributed by atoms with Crippen molar-refractivity contribution in [3.8, 4) is 0 Å². The van der Waals surface area contributed by atoms with E-state index in [4.69, 9.17) is 38.3 Å². The van der Waals surface area contributed by atoms with Crippen molar-refractivity contribution in [3.63, 3.8) is 0 Å². The van der Waals surface area contributed by atoms with Gasteiger partial charge in [0.15, 0.2) is 18.9 Å². The maximum atomic E-state index is 12.6. The molecule has 7 fully saturated rings. The number of ether oxygens (including phenoxy) is 7. The maximum absolute atomic E-state index is 12.6. The predicted octanol–water partition coefficient (Wildman–Crippen LogP) is 3.27. The van der Waals surface area contributed by atoms with Crippen LogP contribution in [-0.4, -0.2) is 148 Å². The van der Waals surface area contributed by atoms with Crippen LogP contribution in [0.1, 0.15) is 112 Å². The number of carboxylic acids is 1. The number of aliphatic hydroxyl groups excluding tert-OH is 3. The van der Waals surface area contributed by atoms with Gasteiger partial charge in [0.25, 0.3) is 0 Å². The lowest BCUT2D eigenvalue weighted by atomic mass is 9.42. The van der Waals surface area contributed by atoms with Crippen molar-refractivity contribution >= 4 is 11.9 Å². The van der Waals surface area contributed by atoms with Gasteiger partial charge in [-0.05, 0) is 107 Å².